The van der Waals surface area contributed by atoms with Crippen LogP contribution in [0.4, 0.5) is 5.69 Å². The van der Waals surface area contributed by atoms with Gasteiger partial charge in [-0.25, -0.2) is 18.1 Å². The van der Waals surface area contributed by atoms with Gasteiger partial charge in [-0.2, -0.15) is 0 Å². The zero-order valence-electron chi connectivity index (χ0n) is 19.3. The van der Waals surface area contributed by atoms with Crippen molar-refractivity contribution in [2.75, 3.05) is 18.0 Å². The molecule has 1 amide bonds. The molecule has 1 saturated heterocycles. The molecule has 5 rings (SSSR count). The van der Waals surface area contributed by atoms with Gasteiger partial charge < -0.3 is 9.64 Å². The molecule has 178 valence electrons. The summed E-state index contributed by atoms with van der Waals surface area (Å²) in [5.41, 5.74) is 1.15. The second kappa shape index (κ2) is 8.54. The summed E-state index contributed by atoms with van der Waals surface area (Å²) >= 11 is 0. The molecule has 34 heavy (non-hydrogen) atoms. The van der Waals surface area contributed by atoms with Gasteiger partial charge in [0.15, 0.2) is 0 Å². The van der Waals surface area contributed by atoms with Crippen LogP contribution in [0.25, 0.3) is 10.9 Å². The van der Waals surface area contributed by atoms with Crippen LogP contribution in [0.15, 0.2) is 53.7 Å². The Bertz CT molecular complexity index is 1340. The molecule has 3 heterocycles. The first-order valence-corrected chi connectivity index (χ1v) is 13.1. The topological polar surface area (TPSA) is 101 Å². The summed E-state index contributed by atoms with van der Waals surface area (Å²) in [4.78, 5) is 24.6. The van der Waals surface area contributed by atoms with Crippen molar-refractivity contribution < 1.29 is 17.9 Å². The van der Waals surface area contributed by atoms with Crippen molar-refractivity contribution in [2.24, 2.45) is 0 Å². The van der Waals surface area contributed by atoms with Gasteiger partial charge in [0.1, 0.15) is 0 Å². The van der Waals surface area contributed by atoms with Crippen molar-refractivity contribution in [3.8, 4) is 5.88 Å². The van der Waals surface area contributed by atoms with E-state index < -0.39 is 21.3 Å². The van der Waals surface area contributed by atoms with E-state index in [9.17, 15) is 13.2 Å². The average Bonchev–Trinajstić information content (AvgIpc) is 3.44. The largest absolute Gasteiger partial charge is 0.475 e. The summed E-state index contributed by atoms with van der Waals surface area (Å²) in [6.45, 7) is 5.68. The maximum absolute atomic E-state index is 13.5. The molecule has 1 aliphatic heterocycles. The van der Waals surface area contributed by atoms with Crippen molar-refractivity contribution in [1.29, 1.82) is 0 Å². The molecule has 2 aliphatic rings. The number of hydrogen-bond donors (Lipinski definition) is 1. The minimum atomic E-state index is -4.11. The molecule has 2 aromatic heterocycles. The highest BCUT2D eigenvalue weighted by atomic mass is 32.2. The molecule has 8 nitrogen and oxygen atoms in total. The lowest BCUT2D eigenvalue weighted by atomic mass is 9.95. The number of nitrogens with zero attached hydrogens (tertiary/aromatic N) is 3. The Balaban J connectivity index is 1.50. The van der Waals surface area contributed by atoms with Crippen LogP contribution in [-0.4, -0.2) is 43.5 Å². The summed E-state index contributed by atoms with van der Waals surface area (Å²) in [6, 6.07) is 10.2. The minimum absolute atomic E-state index is 0.0323. The van der Waals surface area contributed by atoms with Gasteiger partial charge >= 0.3 is 0 Å². The number of pyridine rings is 2. The first-order valence-electron chi connectivity index (χ1n) is 11.6. The average molecular weight is 481 g/mol. The van der Waals surface area contributed by atoms with Gasteiger partial charge in [0.05, 0.1) is 33.8 Å². The standard InChI is InChI=1S/C25H28N4O4S/c1-17(2)33-23-20(15-18(16-27-23)29-13-3-4-14-29)25(10-11-25)24(30)28-34(31,32)22-9-5-8-21-19(22)7-6-12-26-21/h5-9,12,15-17H,3-4,10-11,13-14H2,1-2H3,(H,28,30). The van der Waals surface area contributed by atoms with Gasteiger partial charge in [0.25, 0.3) is 10.0 Å². The molecule has 0 spiro atoms. The predicted octanol–water partition coefficient (Wildman–Crippen LogP) is 3.55. The molecule has 0 atom stereocenters. The Hall–Kier alpha value is -3.20. The van der Waals surface area contributed by atoms with Crippen LogP contribution in [0.3, 0.4) is 0 Å². The number of ether oxygens (including phenoxy) is 1. The lowest BCUT2D eigenvalue weighted by Gasteiger charge is -2.24. The van der Waals surface area contributed by atoms with Gasteiger partial charge in [-0.15, -0.1) is 0 Å². The summed E-state index contributed by atoms with van der Waals surface area (Å²) in [6.07, 6.45) is 6.55. The number of benzene rings is 1. The smallest absolute Gasteiger partial charge is 0.264 e. The molecule has 3 aromatic rings. The number of nitrogens with one attached hydrogen (secondary N) is 1. The Morgan fingerprint density at radius 2 is 1.88 bits per heavy atom. The highest BCUT2D eigenvalue weighted by Crippen LogP contribution is 2.52. The number of carbonyl (C=O) groups is 1. The maximum Gasteiger partial charge on any atom is 0.264 e. The molecular weight excluding hydrogens is 452 g/mol. The van der Waals surface area contributed by atoms with Crippen LogP contribution in [0.5, 0.6) is 5.88 Å². The summed E-state index contributed by atoms with van der Waals surface area (Å²) in [5, 5.41) is 0.469. The monoisotopic (exact) mass is 480 g/mol. The molecule has 9 heteroatoms. The number of aromatic nitrogens is 2. The lowest BCUT2D eigenvalue weighted by molar-refractivity contribution is -0.121. The van der Waals surface area contributed by atoms with Crippen molar-refractivity contribution in [2.45, 2.75) is 55.9 Å². The third kappa shape index (κ3) is 4.09. The summed E-state index contributed by atoms with van der Waals surface area (Å²) in [5.74, 6) is -0.167. The summed E-state index contributed by atoms with van der Waals surface area (Å²) < 4.78 is 34.9. The number of hydrogen-bond acceptors (Lipinski definition) is 7. The lowest BCUT2D eigenvalue weighted by Crippen LogP contribution is -2.39. The van der Waals surface area contributed by atoms with E-state index >= 15 is 0 Å². The SMILES string of the molecule is CC(C)Oc1ncc(N2CCCC2)cc1C1(C(=O)NS(=O)(=O)c2cccc3ncccc23)CC1. The van der Waals surface area contributed by atoms with Crippen molar-refractivity contribution in [3.63, 3.8) is 0 Å². The molecule has 0 unspecified atom stereocenters. The number of sulfonamides is 1. The van der Waals surface area contributed by atoms with E-state index in [-0.39, 0.29) is 11.0 Å². The van der Waals surface area contributed by atoms with Crippen molar-refractivity contribution in [3.05, 3.63) is 54.4 Å². The Morgan fingerprint density at radius 1 is 1.12 bits per heavy atom. The van der Waals surface area contributed by atoms with E-state index in [1.807, 2.05) is 19.9 Å². The molecular formula is C25H28N4O4S. The Labute approximate surface area is 199 Å². The van der Waals surface area contributed by atoms with Crippen LogP contribution >= 0.6 is 0 Å². The van der Waals surface area contributed by atoms with Crippen LogP contribution in [0, 0.1) is 0 Å². The molecule has 1 N–H and O–H groups in total. The molecule has 1 saturated carbocycles. The third-order valence-corrected chi connectivity index (χ3v) is 7.87. The Kier molecular flexibility index (Phi) is 5.67. The van der Waals surface area contributed by atoms with Gasteiger partial charge in [-0.05, 0) is 69.9 Å². The van der Waals surface area contributed by atoms with E-state index in [0.717, 1.165) is 31.6 Å². The molecule has 0 bridgehead atoms. The second-order valence-corrected chi connectivity index (χ2v) is 10.9. The fraction of sp³-hybridized carbons (Fsp3) is 0.400. The van der Waals surface area contributed by atoms with E-state index in [2.05, 4.69) is 19.6 Å². The number of rotatable bonds is 7. The van der Waals surface area contributed by atoms with Crippen LogP contribution in [0.1, 0.15) is 45.1 Å². The normalized spacial score (nSPS) is 17.2. The van der Waals surface area contributed by atoms with E-state index in [1.165, 1.54) is 6.07 Å². The van der Waals surface area contributed by atoms with E-state index in [4.69, 9.17) is 4.74 Å². The zero-order valence-corrected chi connectivity index (χ0v) is 20.1. The van der Waals surface area contributed by atoms with Crippen LogP contribution in [0.2, 0.25) is 0 Å². The van der Waals surface area contributed by atoms with Gasteiger partial charge in [0.2, 0.25) is 11.8 Å². The minimum Gasteiger partial charge on any atom is -0.475 e. The predicted molar refractivity (Wildman–Crippen MR) is 129 cm³/mol. The number of amides is 1. The van der Waals surface area contributed by atoms with Crippen LogP contribution < -0.4 is 14.4 Å². The molecule has 1 aliphatic carbocycles. The molecule has 0 radical (unpaired) electrons. The van der Waals surface area contributed by atoms with Crippen molar-refractivity contribution >= 4 is 32.5 Å². The Morgan fingerprint density at radius 3 is 2.59 bits per heavy atom. The fourth-order valence-electron chi connectivity index (χ4n) is 4.58. The van der Waals surface area contributed by atoms with Gasteiger partial charge in [-0.3, -0.25) is 9.78 Å². The molecule has 1 aromatic carbocycles. The third-order valence-electron chi connectivity index (χ3n) is 6.48. The summed E-state index contributed by atoms with van der Waals surface area (Å²) in [7, 11) is -4.11. The number of carbonyl (C=O) groups excluding carboxylic acids is 1. The molecule has 2 fully saturated rings. The first kappa shape index (κ1) is 22.6. The zero-order chi connectivity index (χ0) is 23.9. The van der Waals surface area contributed by atoms with Gasteiger partial charge in [0, 0.05) is 30.2 Å². The van der Waals surface area contributed by atoms with Crippen molar-refractivity contribution in [1.82, 2.24) is 14.7 Å². The highest BCUT2D eigenvalue weighted by molar-refractivity contribution is 7.90. The van der Waals surface area contributed by atoms with E-state index in [1.54, 1.807) is 36.7 Å². The number of anilines is 1. The highest BCUT2D eigenvalue weighted by Gasteiger charge is 2.54. The van der Waals surface area contributed by atoms with Crippen LogP contribution in [-0.2, 0) is 20.2 Å². The first-order chi connectivity index (χ1) is 16.3. The number of fused-ring (bicyclic) bond motifs is 1. The second-order valence-electron chi connectivity index (χ2n) is 9.25. The van der Waals surface area contributed by atoms with Gasteiger partial charge in [-0.1, -0.05) is 6.07 Å². The maximum atomic E-state index is 13.5. The fourth-order valence-corrected chi connectivity index (χ4v) is 5.85. The quantitative estimate of drug-likeness (QED) is 0.552. The van der Waals surface area contributed by atoms with E-state index in [0.29, 0.717) is 35.2 Å².